The molecule has 1 aliphatic rings. The normalized spacial score (nSPS) is 17.8. The lowest BCUT2D eigenvalue weighted by molar-refractivity contribution is -0.132. The molecule has 5 heteroatoms. The Labute approximate surface area is 135 Å². The number of imidazole rings is 1. The summed E-state index contributed by atoms with van der Waals surface area (Å²) in [7, 11) is 0. The van der Waals surface area contributed by atoms with Crippen LogP contribution in [0.1, 0.15) is 37.9 Å². The minimum absolute atomic E-state index is 0.296. The van der Waals surface area contributed by atoms with Crippen molar-refractivity contribution < 1.29 is 4.79 Å². The van der Waals surface area contributed by atoms with Crippen LogP contribution in [0.4, 0.5) is 0 Å². The highest BCUT2D eigenvalue weighted by molar-refractivity contribution is 7.99. The predicted octanol–water partition coefficient (Wildman–Crippen LogP) is 3.41. The molecule has 4 nitrogen and oxygen atoms in total. The fraction of sp³-hybridized carbons (Fsp3) is 0.529. The van der Waals surface area contributed by atoms with Crippen molar-refractivity contribution in [3.8, 4) is 0 Å². The third kappa shape index (κ3) is 3.29. The van der Waals surface area contributed by atoms with Crippen molar-refractivity contribution in [2.24, 2.45) is 0 Å². The first kappa shape index (κ1) is 15.4. The van der Waals surface area contributed by atoms with Crippen LogP contribution in [-0.2, 0) is 4.79 Å². The summed E-state index contributed by atoms with van der Waals surface area (Å²) < 4.78 is 0. The molecule has 0 radical (unpaired) electrons. The van der Waals surface area contributed by atoms with Gasteiger partial charge in [-0.3, -0.25) is 4.79 Å². The number of carbonyl (C=O) groups is 1. The number of aromatic amines is 1. The van der Waals surface area contributed by atoms with Gasteiger partial charge in [0, 0.05) is 30.7 Å². The zero-order chi connectivity index (χ0) is 15.5. The van der Waals surface area contributed by atoms with Gasteiger partial charge in [-0.15, -0.1) is 0 Å². The highest BCUT2D eigenvalue weighted by Gasteiger charge is 2.26. The molecule has 0 unspecified atom stereocenters. The van der Waals surface area contributed by atoms with E-state index in [2.05, 4.69) is 24.2 Å². The predicted molar refractivity (Wildman–Crippen MR) is 92.2 cm³/mol. The van der Waals surface area contributed by atoms with Crippen molar-refractivity contribution in [1.82, 2.24) is 14.9 Å². The van der Waals surface area contributed by atoms with Crippen LogP contribution in [0.25, 0.3) is 11.0 Å². The van der Waals surface area contributed by atoms with Gasteiger partial charge in [0.25, 0.3) is 0 Å². The van der Waals surface area contributed by atoms with E-state index in [1.165, 1.54) is 0 Å². The number of nitrogens with one attached hydrogen (secondary N) is 1. The van der Waals surface area contributed by atoms with Gasteiger partial charge in [-0.1, -0.05) is 19.1 Å². The topological polar surface area (TPSA) is 49.0 Å². The second-order valence-corrected chi connectivity index (χ2v) is 7.32. The van der Waals surface area contributed by atoms with Crippen LogP contribution in [-0.4, -0.2) is 45.4 Å². The molecule has 1 aliphatic heterocycles. The molecule has 1 saturated heterocycles. The summed E-state index contributed by atoms with van der Waals surface area (Å²) in [5, 5.41) is 0.403. The van der Waals surface area contributed by atoms with Crippen molar-refractivity contribution in [2.75, 3.05) is 19.3 Å². The molecule has 0 bridgehead atoms. The SMILES string of the molecule is CS[C@@H](C)CC(=O)N1CCC(c2nc3ccccc3[nH]2)CC1. The molecule has 22 heavy (non-hydrogen) atoms. The van der Waals surface area contributed by atoms with E-state index in [-0.39, 0.29) is 0 Å². The number of rotatable bonds is 4. The maximum absolute atomic E-state index is 12.2. The van der Waals surface area contributed by atoms with Crippen molar-refractivity contribution in [3.63, 3.8) is 0 Å². The third-order valence-corrected chi connectivity index (χ3v) is 5.48. The van der Waals surface area contributed by atoms with Crippen LogP contribution in [0.3, 0.4) is 0 Å². The average molecular weight is 317 g/mol. The number of piperidine rings is 1. The molecule has 0 saturated carbocycles. The molecule has 1 atom stereocenters. The Balaban J connectivity index is 1.60. The fourth-order valence-corrected chi connectivity index (χ4v) is 3.34. The van der Waals surface area contributed by atoms with Crippen molar-refractivity contribution in [1.29, 1.82) is 0 Å². The first-order valence-electron chi connectivity index (χ1n) is 7.92. The molecule has 1 fully saturated rings. The number of thioether (sulfide) groups is 1. The molecule has 1 N–H and O–H groups in total. The van der Waals surface area contributed by atoms with Gasteiger partial charge >= 0.3 is 0 Å². The van der Waals surface area contributed by atoms with E-state index in [4.69, 9.17) is 4.98 Å². The number of benzene rings is 1. The monoisotopic (exact) mass is 317 g/mol. The molecule has 2 aromatic rings. The second kappa shape index (κ2) is 6.73. The molecule has 118 valence electrons. The summed E-state index contributed by atoms with van der Waals surface area (Å²) in [6.07, 6.45) is 4.71. The van der Waals surface area contributed by atoms with Crippen LogP contribution in [0.2, 0.25) is 0 Å². The minimum Gasteiger partial charge on any atom is -0.343 e. The van der Waals surface area contributed by atoms with E-state index >= 15 is 0 Å². The number of hydrogen-bond donors (Lipinski definition) is 1. The quantitative estimate of drug-likeness (QED) is 0.940. The molecular weight excluding hydrogens is 294 g/mol. The average Bonchev–Trinajstić information content (AvgIpc) is 2.98. The lowest BCUT2D eigenvalue weighted by atomic mass is 9.96. The molecule has 1 aromatic heterocycles. The number of carbonyl (C=O) groups excluding carboxylic acids is 1. The summed E-state index contributed by atoms with van der Waals surface area (Å²) in [5.74, 6) is 1.81. The number of likely N-dealkylation sites (tertiary alicyclic amines) is 1. The Morgan fingerprint density at radius 1 is 1.41 bits per heavy atom. The number of aromatic nitrogens is 2. The van der Waals surface area contributed by atoms with Gasteiger partial charge in [-0.05, 0) is 31.2 Å². The Hall–Kier alpha value is -1.49. The van der Waals surface area contributed by atoms with Gasteiger partial charge in [0.1, 0.15) is 5.82 Å². The first-order valence-corrected chi connectivity index (χ1v) is 9.21. The van der Waals surface area contributed by atoms with E-state index in [1.54, 1.807) is 11.8 Å². The lowest BCUT2D eigenvalue weighted by Gasteiger charge is -2.31. The van der Waals surface area contributed by atoms with Crippen LogP contribution < -0.4 is 0 Å². The van der Waals surface area contributed by atoms with Crippen LogP contribution >= 0.6 is 11.8 Å². The lowest BCUT2D eigenvalue weighted by Crippen LogP contribution is -2.38. The number of para-hydroxylation sites is 2. The van der Waals surface area contributed by atoms with Crippen LogP contribution in [0, 0.1) is 0 Å². The summed E-state index contributed by atoms with van der Waals surface area (Å²) in [4.78, 5) is 22.4. The van der Waals surface area contributed by atoms with Crippen LogP contribution in [0.15, 0.2) is 24.3 Å². The Morgan fingerprint density at radius 2 is 2.14 bits per heavy atom. The molecule has 0 spiro atoms. The van der Waals surface area contributed by atoms with Gasteiger partial charge in [-0.2, -0.15) is 11.8 Å². The molecule has 1 aromatic carbocycles. The minimum atomic E-state index is 0.296. The molecular formula is C17H23N3OS. The Bertz CT molecular complexity index is 613. The number of amides is 1. The maximum Gasteiger partial charge on any atom is 0.223 e. The van der Waals surface area contributed by atoms with E-state index in [9.17, 15) is 4.79 Å². The molecule has 3 rings (SSSR count). The van der Waals surface area contributed by atoms with Gasteiger partial charge < -0.3 is 9.88 Å². The fourth-order valence-electron chi connectivity index (χ4n) is 3.03. The van der Waals surface area contributed by atoms with Crippen molar-refractivity contribution >= 4 is 28.7 Å². The van der Waals surface area contributed by atoms with Gasteiger partial charge in [0.2, 0.25) is 5.91 Å². The summed E-state index contributed by atoms with van der Waals surface area (Å²) >= 11 is 1.75. The summed E-state index contributed by atoms with van der Waals surface area (Å²) in [6, 6.07) is 8.14. The zero-order valence-electron chi connectivity index (χ0n) is 13.2. The standard InChI is InChI=1S/C17H23N3OS/c1-12(22-2)11-16(21)20-9-7-13(8-10-20)17-18-14-5-3-4-6-15(14)19-17/h3-6,12-13H,7-11H2,1-2H3,(H,18,19)/t12-/m0/s1. The van der Waals surface area contributed by atoms with Crippen molar-refractivity contribution in [2.45, 2.75) is 37.4 Å². The number of fused-ring (bicyclic) bond motifs is 1. The van der Waals surface area contributed by atoms with Gasteiger partial charge in [0.15, 0.2) is 0 Å². The van der Waals surface area contributed by atoms with Gasteiger partial charge in [-0.25, -0.2) is 4.98 Å². The van der Waals surface area contributed by atoms with Gasteiger partial charge in [0.05, 0.1) is 11.0 Å². The Kier molecular flexibility index (Phi) is 4.71. The van der Waals surface area contributed by atoms with E-state index in [0.717, 1.165) is 42.8 Å². The first-order chi connectivity index (χ1) is 10.7. The largest absolute Gasteiger partial charge is 0.343 e. The second-order valence-electron chi connectivity index (χ2n) is 6.04. The molecule has 0 aliphatic carbocycles. The van der Waals surface area contributed by atoms with Crippen molar-refractivity contribution in [3.05, 3.63) is 30.1 Å². The van der Waals surface area contributed by atoms with Crippen LogP contribution in [0.5, 0.6) is 0 Å². The maximum atomic E-state index is 12.2. The molecule has 2 heterocycles. The highest BCUT2D eigenvalue weighted by Crippen LogP contribution is 2.28. The Morgan fingerprint density at radius 3 is 2.82 bits per heavy atom. The summed E-state index contributed by atoms with van der Waals surface area (Å²) in [6.45, 7) is 3.81. The molecule has 1 amide bonds. The smallest absolute Gasteiger partial charge is 0.223 e. The third-order valence-electron chi connectivity index (χ3n) is 4.51. The van der Waals surface area contributed by atoms with E-state index < -0.39 is 0 Å². The zero-order valence-corrected chi connectivity index (χ0v) is 14.0. The van der Waals surface area contributed by atoms with E-state index in [0.29, 0.717) is 23.5 Å². The summed E-state index contributed by atoms with van der Waals surface area (Å²) in [5.41, 5.74) is 2.13. The van der Waals surface area contributed by atoms with E-state index in [1.807, 2.05) is 23.1 Å². The number of H-pyrrole nitrogens is 1. The number of nitrogens with zero attached hydrogens (tertiary/aromatic N) is 2. The number of hydrogen-bond acceptors (Lipinski definition) is 3. The highest BCUT2D eigenvalue weighted by atomic mass is 32.2.